The molecule has 1 unspecified atom stereocenters. The second kappa shape index (κ2) is 8.53. The van der Waals surface area contributed by atoms with Crippen LogP contribution in [0, 0.1) is 0 Å². The minimum atomic E-state index is 0.0688. The molecule has 1 aromatic carbocycles. The molecule has 4 heterocycles. The van der Waals surface area contributed by atoms with Crippen molar-refractivity contribution >= 4 is 16.8 Å². The fraction of sp³-hybridized carbons (Fsp3) is 0.435. The first-order valence-corrected chi connectivity index (χ1v) is 10.7. The molecule has 1 atom stereocenters. The SMILES string of the molecule is O=C(c1cn[nH]c1C1CCCN(Cc2ccnc3ccccc23)C1)N1CCOCC1. The Morgan fingerprint density at radius 1 is 1.17 bits per heavy atom. The van der Waals surface area contributed by atoms with Crippen molar-refractivity contribution < 1.29 is 9.53 Å². The van der Waals surface area contributed by atoms with Gasteiger partial charge in [-0.25, -0.2) is 0 Å². The zero-order valence-electron chi connectivity index (χ0n) is 17.1. The molecule has 7 heteroatoms. The first kappa shape index (κ1) is 19.2. The molecule has 7 nitrogen and oxygen atoms in total. The van der Waals surface area contributed by atoms with Crippen LogP contribution in [0.3, 0.4) is 0 Å². The van der Waals surface area contributed by atoms with Crippen molar-refractivity contribution in [1.82, 2.24) is 25.0 Å². The second-order valence-corrected chi connectivity index (χ2v) is 8.16. The van der Waals surface area contributed by atoms with Gasteiger partial charge in [-0.05, 0) is 37.1 Å². The summed E-state index contributed by atoms with van der Waals surface area (Å²) in [7, 11) is 0. The first-order valence-electron chi connectivity index (χ1n) is 10.7. The number of hydrogen-bond donors (Lipinski definition) is 1. The van der Waals surface area contributed by atoms with Crippen molar-refractivity contribution in [2.24, 2.45) is 0 Å². The van der Waals surface area contributed by atoms with Crippen molar-refractivity contribution in [2.45, 2.75) is 25.3 Å². The van der Waals surface area contributed by atoms with E-state index in [1.807, 2.05) is 17.2 Å². The zero-order valence-corrected chi connectivity index (χ0v) is 17.1. The number of aromatic amines is 1. The van der Waals surface area contributed by atoms with Crippen LogP contribution in [0.4, 0.5) is 0 Å². The predicted molar refractivity (Wildman–Crippen MR) is 114 cm³/mol. The third kappa shape index (κ3) is 3.82. The number of hydrogen-bond acceptors (Lipinski definition) is 5. The van der Waals surface area contributed by atoms with Gasteiger partial charge in [0.1, 0.15) is 0 Å². The third-order valence-electron chi connectivity index (χ3n) is 6.24. The van der Waals surface area contributed by atoms with Crippen LogP contribution in [0.25, 0.3) is 10.9 Å². The van der Waals surface area contributed by atoms with Crippen LogP contribution < -0.4 is 0 Å². The number of nitrogens with zero attached hydrogens (tertiary/aromatic N) is 4. The standard InChI is InChI=1S/C23H27N5O2/c29-23(28-10-12-30-13-11-28)20-14-25-26-22(20)18-4-3-9-27(16-18)15-17-7-8-24-21-6-2-1-5-19(17)21/h1-2,5-8,14,18H,3-4,9-13,15-16H2,(H,25,26). The van der Waals surface area contributed by atoms with Crippen molar-refractivity contribution in [3.05, 3.63) is 59.5 Å². The van der Waals surface area contributed by atoms with Crippen LogP contribution in [0.15, 0.2) is 42.7 Å². The molecule has 0 radical (unpaired) electrons. The minimum Gasteiger partial charge on any atom is -0.378 e. The number of pyridine rings is 1. The monoisotopic (exact) mass is 405 g/mol. The van der Waals surface area contributed by atoms with Crippen LogP contribution in [0.1, 0.15) is 40.4 Å². The first-order chi connectivity index (χ1) is 14.8. The van der Waals surface area contributed by atoms with E-state index in [2.05, 4.69) is 44.3 Å². The molecule has 5 rings (SSSR count). The van der Waals surface area contributed by atoms with Gasteiger partial charge in [-0.3, -0.25) is 19.8 Å². The molecule has 1 N–H and O–H groups in total. The fourth-order valence-corrected chi connectivity index (χ4v) is 4.68. The molecule has 2 saturated heterocycles. The number of ether oxygens (including phenoxy) is 1. The van der Waals surface area contributed by atoms with E-state index in [4.69, 9.17) is 4.74 Å². The van der Waals surface area contributed by atoms with Crippen molar-refractivity contribution in [3.63, 3.8) is 0 Å². The number of nitrogens with one attached hydrogen (secondary N) is 1. The predicted octanol–water partition coefficient (Wildman–Crippen LogP) is 2.81. The average Bonchev–Trinajstić information content (AvgIpc) is 3.30. The highest BCUT2D eigenvalue weighted by Crippen LogP contribution is 2.30. The molecule has 0 bridgehead atoms. The van der Waals surface area contributed by atoms with Crippen molar-refractivity contribution in [3.8, 4) is 0 Å². The van der Waals surface area contributed by atoms with Gasteiger partial charge in [0.25, 0.3) is 5.91 Å². The maximum absolute atomic E-state index is 13.0. The Balaban J connectivity index is 1.33. The number of H-pyrrole nitrogens is 1. The summed E-state index contributed by atoms with van der Waals surface area (Å²) >= 11 is 0. The number of piperidine rings is 1. The lowest BCUT2D eigenvalue weighted by Gasteiger charge is -2.33. The normalized spacial score (nSPS) is 20.5. The summed E-state index contributed by atoms with van der Waals surface area (Å²) in [6, 6.07) is 10.4. The number of carbonyl (C=O) groups is 1. The van der Waals surface area contributed by atoms with Crippen LogP contribution in [0.2, 0.25) is 0 Å². The largest absolute Gasteiger partial charge is 0.378 e. The Morgan fingerprint density at radius 3 is 2.93 bits per heavy atom. The second-order valence-electron chi connectivity index (χ2n) is 8.16. The van der Waals surface area contributed by atoms with E-state index in [-0.39, 0.29) is 11.8 Å². The highest BCUT2D eigenvalue weighted by molar-refractivity contribution is 5.95. The molecule has 0 saturated carbocycles. The number of rotatable bonds is 4. The lowest BCUT2D eigenvalue weighted by molar-refractivity contribution is 0.0301. The Kier molecular flexibility index (Phi) is 5.46. The molecule has 0 aliphatic carbocycles. The number of benzene rings is 1. The molecule has 2 aromatic heterocycles. The van der Waals surface area contributed by atoms with Crippen LogP contribution in [-0.2, 0) is 11.3 Å². The number of para-hydroxylation sites is 1. The molecule has 30 heavy (non-hydrogen) atoms. The molecule has 0 spiro atoms. The summed E-state index contributed by atoms with van der Waals surface area (Å²) in [5.41, 5.74) is 4.04. The topological polar surface area (TPSA) is 74.4 Å². The molecule has 2 fully saturated rings. The van der Waals surface area contributed by atoms with Gasteiger partial charge in [-0.15, -0.1) is 0 Å². The van der Waals surface area contributed by atoms with Gasteiger partial charge in [0, 0.05) is 43.7 Å². The lowest BCUT2D eigenvalue weighted by Crippen LogP contribution is -2.41. The number of amides is 1. The summed E-state index contributed by atoms with van der Waals surface area (Å²) in [6.07, 6.45) is 5.77. The smallest absolute Gasteiger partial charge is 0.257 e. The van der Waals surface area contributed by atoms with Crippen LogP contribution in [-0.4, -0.2) is 70.3 Å². The van der Waals surface area contributed by atoms with E-state index in [1.165, 1.54) is 10.9 Å². The van der Waals surface area contributed by atoms with Crippen molar-refractivity contribution in [2.75, 3.05) is 39.4 Å². The summed E-state index contributed by atoms with van der Waals surface area (Å²) in [4.78, 5) is 21.9. The van der Waals surface area contributed by atoms with E-state index in [0.29, 0.717) is 26.3 Å². The van der Waals surface area contributed by atoms with Crippen LogP contribution in [0.5, 0.6) is 0 Å². The highest BCUT2D eigenvalue weighted by atomic mass is 16.5. The summed E-state index contributed by atoms with van der Waals surface area (Å²) < 4.78 is 5.39. The van der Waals surface area contributed by atoms with Crippen LogP contribution >= 0.6 is 0 Å². The Morgan fingerprint density at radius 2 is 2.03 bits per heavy atom. The number of aromatic nitrogens is 3. The van der Waals surface area contributed by atoms with Crippen molar-refractivity contribution in [1.29, 1.82) is 0 Å². The van der Waals surface area contributed by atoms with E-state index >= 15 is 0 Å². The maximum atomic E-state index is 13.0. The Hall–Kier alpha value is -2.77. The molecule has 156 valence electrons. The number of fused-ring (bicyclic) bond motifs is 1. The lowest BCUT2D eigenvalue weighted by atomic mass is 9.91. The molecular weight excluding hydrogens is 378 g/mol. The fourth-order valence-electron chi connectivity index (χ4n) is 4.68. The molecular formula is C23H27N5O2. The molecule has 2 aliphatic rings. The summed E-state index contributed by atoms with van der Waals surface area (Å²) in [6.45, 7) is 5.38. The Bertz CT molecular complexity index is 1020. The van der Waals surface area contributed by atoms with Gasteiger partial charge in [0.05, 0.1) is 36.2 Å². The summed E-state index contributed by atoms with van der Waals surface area (Å²) in [5.74, 6) is 0.355. The van der Waals surface area contributed by atoms with Gasteiger partial charge < -0.3 is 9.64 Å². The zero-order chi connectivity index (χ0) is 20.3. The summed E-state index contributed by atoms with van der Waals surface area (Å²) in [5, 5.41) is 8.59. The van der Waals surface area contributed by atoms with Gasteiger partial charge in [-0.2, -0.15) is 5.10 Å². The minimum absolute atomic E-state index is 0.0688. The number of morpholine rings is 1. The Labute approximate surface area is 176 Å². The maximum Gasteiger partial charge on any atom is 0.257 e. The van der Waals surface area contributed by atoms with Gasteiger partial charge in [-0.1, -0.05) is 18.2 Å². The molecule has 1 amide bonds. The van der Waals surface area contributed by atoms with Gasteiger partial charge in [0.2, 0.25) is 0 Å². The van der Waals surface area contributed by atoms with E-state index in [1.54, 1.807) is 6.20 Å². The van der Waals surface area contributed by atoms with E-state index in [9.17, 15) is 4.79 Å². The number of likely N-dealkylation sites (tertiary alicyclic amines) is 1. The quantitative estimate of drug-likeness (QED) is 0.723. The van der Waals surface area contributed by atoms with Gasteiger partial charge >= 0.3 is 0 Å². The third-order valence-corrected chi connectivity index (χ3v) is 6.24. The van der Waals surface area contributed by atoms with E-state index < -0.39 is 0 Å². The number of carbonyl (C=O) groups excluding carboxylic acids is 1. The molecule has 3 aromatic rings. The highest BCUT2D eigenvalue weighted by Gasteiger charge is 2.29. The van der Waals surface area contributed by atoms with E-state index in [0.717, 1.165) is 49.2 Å². The molecule has 2 aliphatic heterocycles. The van der Waals surface area contributed by atoms with Gasteiger partial charge in [0.15, 0.2) is 0 Å². The average molecular weight is 406 g/mol.